The van der Waals surface area contributed by atoms with Crippen molar-refractivity contribution in [3.05, 3.63) is 65.7 Å². The monoisotopic (exact) mass is 364 g/mol. The Morgan fingerprint density at radius 1 is 1.04 bits per heavy atom. The molecule has 1 atom stereocenters. The van der Waals surface area contributed by atoms with E-state index in [4.69, 9.17) is 4.74 Å². The van der Waals surface area contributed by atoms with E-state index in [1.807, 2.05) is 19.9 Å². The molecule has 3 rings (SSSR count). The molecule has 27 heavy (non-hydrogen) atoms. The third-order valence-corrected chi connectivity index (χ3v) is 4.24. The molecule has 1 N–H and O–H groups in total. The first kappa shape index (κ1) is 18.4. The molecule has 4 amide bonds. The smallest absolute Gasteiger partial charge is 0.335 e. The second kappa shape index (κ2) is 7.86. The van der Waals surface area contributed by atoms with Crippen LogP contribution in [0, 0.1) is 0 Å². The topological polar surface area (TPSA) is 75.7 Å². The van der Waals surface area contributed by atoms with Gasteiger partial charge in [0.15, 0.2) is 0 Å². The summed E-state index contributed by atoms with van der Waals surface area (Å²) in [4.78, 5) is 38.3. The van der Waals surface area contributed by atoms with Crippen LogP contribution in [-0.2, 0) is 9.59 Å². The molecule has 1 heterocycles. The van der Waals surface area contributed by atoms with Crippen molar-refractivity contribution in [2.45, 2.75) is 26.4 Å². The van der Waals surface area contributed by atoms with Crippen molar-refractivity contribution in [3.8, 4) is 5.75 Å². The summed E-state index contributed by atoms with van der Waals surface area (Å²) in [5.41, 5.74) is 0.861. The van der Waals surface area contributed by atoms with Gasteiger partial charge in [-0.1, -0.05) is 43.3 Å². The van der Waals surface area contributed by atoms with Crippen LogP contribution in [0.2, 0.25) is 0 Å². The number of hydrogen-bond acceptors (Lipinski definition) is 4. The molecule has 2 aromatic rings. The van der Waals surface area contributed by atoms with E-state index in [-0.39, 0.29) is 11.7 Å². The number of urea groups is 1. The van der Waals surface area contributed by atoms with Crippen LogP contribution in [0.25, 0.3) is 6.08 Å². The highest BCUT2D eigenvalue weighted by atomic mass is 16.5. The molecule has 0 unspecified atom stereocenters. The van der Waals surface area contributed by atoms with Crippen molar-refractivity contribution in [1.29, 1.82) is 0 Å². The lowest BCUT2D eigenvalue weighted by Gasteiger charge is -2.26. The lowest BCUT2D eigenvalue weighted by Crippen LogP contribution is -2.54. The molecule has 1 aliphatic rings. The Balaban J connectivity index is 1.99. The standard InChI is InChI=1S/C21H20N2O4/c1-3-14(2)27-18-12-8-7-9-15(18)13-17-19(24)22-21(26)23(20(17)25)16-10-5-4-6-11-16/h4-14H,3H2,1-2H3,(H,22,24,26)/b17-13+/t14-/m1/s1. The summed E-state index contributed by atoms with van der Waals surface area (Å²) in [5, 5.41) is 2.22. The van der Waals surface area contributed by atoms with Crippen LogP contribution in [-0.4, -0.2) is 23.9 Å². The summed E-state index contributed by atoms with van der Waals surface area (Å²) >= 11 is 0. The predicted molar refractivity (Wildman–Crippen MR) is 102 cm³/mol. The normalized spacial score (nSPS) is 17.0. The molecular formula is C21H20N2O4. The maximum absolute atomic E-state index is 12.9. The third kappa shape index (κ3) is 3.89. The zero-order chi connectivity index (χ0) is 19.4. The Kier molecular flexibility index (Phi) is 5.35. The molecule has 0 radical (unpaired) electrons. The first-order valence-corrected chi connectivity index (χ1v) is 8.73. The van der Waals surface area contributed by atoms with Gasteiger partial charge in [0, 0.05) is 5.56 Å². The molecule has 6 heteroatoms. The fourth-order valence-corrected chi connectivity index (χ4v) is 2.63. The second-order valence-electron chi connectivity index (χ2n) is 6.17. The third-order valence-electron chi connectivity index (χ3n) is 4.24. The van der Waals surface area contributed by atoms with Crippen molar-refractivity contribution < 1.29 is 19.1 Å². The molecule has 1 aliphatic heterocycles. The highest BCUT2D eigenvalue weighted by molar-refractivity contribution is 6.39. The number of benzene rings is 2. The number of imide groups is 2. The molecule has 1 saturated heterocycles. The molecule has 0 spiro atoms. The number of para-hydroxylation sites is 2. The number of nitrogens with zero attached hydrogens (tertiary/aromatic N) is 1. The maximum Gasteiger partial charge on any atom is 0.335 e. The summed E-state index contributed by atoms with van der Waals surface area (Å²) in [6.45, 7) is 3.95. The number of anilines is 1. The Morgan fingerprint density at radius 2 is 1.70 bits per heavy atom. The van der Waals surface area contributed by atoms with Gasteiger partial charge in [-0.15, -0.1) is 0 Å². The van der Waals surface area contributed by atoms with Crippen LogP contribution < -0.4 is 15.0 Å². The lowest BCUT2D eigenvalue weighted by atomic mass is 10.1. The van der Waals surface area contributed by atoms with Crippen LogP contribution in [0.1, 0.15) is 25.8 Å². The van der Waals surface area contributed by atoms with E-state index in [1.54, 1.807) is 48.5 Å². The van der Waals surface area contributed by atoms with Crippen LogP contribution in [0.3, 0.4) is 0 Å². The average Bonchev–Trinajstić information content (AvgIpc) is 2.67. The van der Waals surface area contributed by atoms with Gasteiger partial charge in [0.25, 0.3) is 11.8 Å². The number of barbiturate groups is 1. The number of ether oxygens (including phenoxy) is 1. The van der Waals surface area contributed by atoms with E-state index >= 15 is 0 Å². The van der Waals surface area contributed by atoms with E-state index < -0.39 is 17.8 Å². The van der Waals surface area contributed by atoms with Crippen LogP contribution in [0.4, 0.5) is 10.5 Å². The number of carbonyl (C=O) groups is 3. The van der Waals surface area contributed by atoms with Gasteiger partial charge in [0.05, 0.1) is 11.8 Å². The highest BCUT2D eigenvalue weighted by Crippen LogP contribution is 2.26. The minimum Gasteiger partial charge on any atom is -0.490 e. The van der Waals surface area contributed by atoms with Gasteiger partial charge in [-0.25, -0.2) is 9.69 Å². The van der Waals surface area contributed by atoms with Gasteiger partial charge < -0.3 is 4.74 Å². The summed E-state index contributed by atoms with van der Waals surface area (Å²) in [6.07, 6.45) is 2.26. The van der Waals surface area contributed by atoms with E-state index in [9.17, 15) is 14.4 Å². The quantitative estimate of drug-likeness (QED) is 0.650. The van der Waals surface area contributed by atoms with Crippen molar-refractivity contribution >= 4 is 29.6 Å². The summed E-state index contributed by atoms with van der Waals surface area (Å²) in [7, 11) is 0. The Morgan fingerprint density at radius 3 is 2.41 bits per heavy atom. The summed E-state index contributed by atoms with van der Waals surface area (Å²) in [6, 6.07) is 14.9. The first-order valence-electron chi connectivity index (χ1n) is 8.73. The van der Waals surface area contributed by atoms with Gasteiger partial charge in [0.1, 0.15) is 11.3 Å². The average molecular weight is 364 g/mol. The van der Waals surface area contributed by atoms with E-state index in [1.165, 1.54) is 6.08 Å². The number of carbonyl (C=O) groups excluding carboxylic acids is 3. The lowest BCUT2D eigenvalue weighted by molar-refractivity contribution is -0.122. The molecule has 0 bridgehead atoms. The zero-order valence-electron chi connectivity index (χ0n) is 15.1. The SMILES string of the molecule is CC[C@@H](C)Oc1ccccc1/C=C1\C(=O)NC(=O)N(c2ccccc2)C1=O. The maximum atomic E-state index is 12.9. The van der Waals surface area contributed by atoms with Gasteiger partial charge in [-0.3, -0.25) is 14.9 Å². The summed E-state index contributed by atoms with van der Waals surface area (Å²) < 4.78 is 5.87. The van der Waals surface area contributed by atoms with Gasteiger partial charge in [0.2, 0.25) is 0 Å². The largest absolute Gasteiger partial charge is 0.490 e. The Hall–Kier alpha value is -3.41. The number of nitrogens with one attached hydrogen (secondary N) is 1. The van der Waals surface area contributed by atoms with Gasteiger partial charge in [-0.05, 0) is 37.6 Å². The number of amides is 4. The van der Waals surface area contributed by atoms with Crippen molar-refractivity contribution in [2.75, 3.05) is 4.90 Å². The molecule has 1 fully saturated rings. The van der Waals surface area contributed by atoms with E-state index in [2.05, 4.69) is 5.32 Å². The van der Waals surface area contributed by atoms with E-state index in [0.29, 0.717) is 17.0 Å². The predicted octanol–water partition coefficient (Wildman–Crippen LogP) is 3.53. The fourth-order valence-electron chi connectivity index (χ4n) is 2.63. The molecule has 0 saturated carbocycles. The Labute approximate surface area is 157 Å². The van der Waals surface area contributed by atoms with Crippen molar-refractivity contribution in [2.24, 2.45) is 0 Å². The van der Waals surface area contributed by atoms with Crippen molar-refractivity contribution in [1.82, 2.24) is 5.32 Å². The van der Waals surface area contributed by atoms with Gasteiger partial charge >= 0.3 is 6.03 Å². The molecule has 0 aromatic heterocycles. The highest BCUT2D eigenvalue weighted by Gasteiger charge is 2.36. The number of rotatable bonds is 5. The van der Waals surface area contributed by atoms with Crippen LogP contribution >= 0.6 is 0 Å². The van der Waals surface area contributed by atoms with Crippen LogP contribution in [0.15, 0.2) is 60.2 Å². The first-order chi connectivity index (χ1) is 13.0. The molecule has 138 valence electrons. The minimum atomic E-state index is -0.766. The molecule has 6 nitrogen and oxygen atoms in total. The fraction of sp³-hybridized carbons (Fsp3) is 0.190. The molecule has 0 aliphatic carbocycles. The van der Waals surface area contributed by atoms with E-state index in [0.717, 1.165) is 11.3 Å². The summed E-state index contributed by atoms with van der Waals surface area (Å²) in [5.74, 6) is -0.827. The van der Waals surface area contributed by atoms with Crippen molar-refractivity contribution in [3.63, 3.8) is 0 Å². The molecular weight excluding hydrogens is 344 g/mol. The zero-order valence-corrected chi connectivity index (χ0v) is 15.1. The minimum absolute atomic E-state index is 0.0113. The number of hydrogen-bond donors (Lipinski definition) is 1. The molecule has 2 aromatic carbocycles. The van der Waals surface area contributed by atoms with Gasteiger partial charge in [-0.2, -0.15) is 0 Å². The second-order valence-corrected chi connectivity index (χ2v) is 6.17. The Bertz CT molecular complexity index is 905. The van der Waals surface area contributed by atoms with Crippen LogP contribution in [0.5, 0.6) is 5.75 Å².